The molecule has 5 nitrogen and oxygen atoms in total. The zero-order chi connectivity index (χ0) is 18.8. The number of likely N-dealkylation sites (tertiary alicyclic amines) is 1. The minimum absolute atomic E-state index is 0.353. The van der Waals surface area contributed by atoms with Crippen LogP contribution in [0.25, 0.3) is 0 Å². The summed E-state index contributed by atoms with van der Waals surface area (Å²) >= 11 is 0. The number of rotatable bonds is 5. The summed E-state index contributed by atoms with van der Waals surface area (Å²) in [4.78, 5) is 23.9. The Morgan fingerprint density at radius 3 is 2.59 bits per heavy atom. The van der Waals surface area contributed by atoms with Crippen molar-refractivity contribution in [1.29, 1.82) is 0 Å². The summed E-state index contributed by atoms with van der Waals surface area (Å²) < 4.78 is 0. The molecule has 2 atom stereocenters. The van der Waals surface area contributed by atoms with Gasteiger partial charge in [0.05, 0.1) is 0 Å². The lowest BCUT2D eigenvalue weighted by Gasteiger charge is -2.32. The van der Waals surface area contributed by atoms with E-state index in [1.807, 2.05) is 20.0 Å². The van der Waals surface area contributed by atoms with Gasteiger partial charge in [-0.15, -0.1) is 0 Å². The van der Waals surface area contributed by atoms with E-state index in [1.165, 1.54) is 32.1 Å². The number of carbonyl (C=O) groups is 1. The second kappa shape index (κ2) is 8.15. The Balaban J connectivity index is 1.20. The summed E-state index contributed by atoms with van der Waals surface area (Å²) in [6.07, 6.45) is 12.1. The van der Waals surface area contributed by atoms with Gasteiger partial charge in [-0.3, -0.25) is 4.79 Å². The number of aromatic nitrogens is 2. The first-order valence-corrected chi connectivity index (χ1v) is 10.9. The number of carbonyl (C=O) groups excluding carboxylic acids is 1. The van der Waals surface area contributed by atoms with E-state index < -0.39 is 0 Å². The highest BCUT2D eigenvalue weighted by Crippen LogP contribution is 2.50. The zero-order valence-electron chi connectivity index (χ0n) is 16.9. The van der Waals surface area contributed by atoms with Crippen LogP contribution in [0.3, 0.4) is 0 Å². The molecule has 1 aromatic rings. The molecule has 1 aliphatic heterocycles. The van der Waals surface area contributed by atoms with Gasteiger partial charge in [-0.2, -0.15) is 0 Å². The Kier molecular flexibility index (Phi) is 5.65. The van der Waals surface area contributed by atoms with E-state index in [4.69, 9.17) is 0 Å². The average molecular weight is 371 g/mol. The SMILES string of the molecule is Cc1cnc(NCC2CCN(C(=O)[C@@H]3C[C@H]3C3CCCCC3)CC2)nc1C. The van der Waals surface area contributed by atoms with Gasteiger partial charge in [0.15, 0.2) is 0 Å². The number of hydrogen-bond acceptors (Lipinski definition) is 4. The third kappa shape index (κ3) is 4.44. The van der Waals surface area contributed by atoms with E-state index >= 15 is 0 Å². The van der Waals surface area contributed by atoms with Crippen LogP contribution in [0.4, 0.5) is 5.95 Å². The predicted octanol–water partition coefficient (Wildman–Crippen LogP) is 3.96. The molecule has 2 aliphatic carbocycles. The van der Waals surface area contributed by atoms with Crippen LogP contribution in [-0.2, 0) is 4.79 Å². The molecule has 4 rings (SSSR count). The van der Waals surface area contributed by atoms with Crippen molar-refractivity contribution in [3.05, 3.63) is 17.5 Å². The van der Waals surface area contributed by atoms with Crippen molar-refractivity contribution >= 4 is 11.9 Å². The van der Waals surface area contributed by atoms with Crippen LogP contribution in [0.15, 0.2) is 6.20 Å². The number of piperidine rings is 1. The van der Waals surface area contributed by atoms with Crippen LogP contribution < -0.4 is 5.32 Å². The Labute approximate surface area is 163 Å². The summed E-state index contributed by atoms with van der Waals surface area (Å²) in [6.45, 7) is 6.80. The monoisotopic (exact) mass is 370 g/mol. The molecule has 148 valence electrons. The fourth-order valence-electron chi connectivity index (χ4n) is 5.02. The number of amides is 1. The molecule has 3 aliphatic rings. The average Bonchev–Trinajstić information content (AvgIpc) is 3.50. The molecule has 3 fully saturated rings. The Morgan fingerprint density at radius 1 is 1.15 bits per heavy atom. The third-order valence-corrected chi connectivity index (χ3v) is 7.11. The van der Waals surface area contributed by atoms with Gasteiger partial charge in [0.25, 0.3) is 0 Å². The summed E-state index contributed by atoms with van der Waals surface area (Å²) in [7, 11) is 0. The third-order valence-electron chi connectivity index (χ3n) is 7.11. The Hall–Kier alpha value is -1.65. The van der Waals surface area contributed by atoms with Gasteiger partial charge in [-0.05, 0) is 56.4 Å². The first kappa shape index (κ1) is 18.7. The molecule has 0 radical (unpaired) electrons. The van der Waals surface area contributed by atoms with Crippen molar-refractivity contribution in [2.24, 2.45) is 23.7 Å². The number of aryl methyl sites for hydroxylation is 2. The molecule has 0 unspecified atom stereocenters. The largest absolute Gasteiger partial charge is 0.354 e. The van der Waals surface area contributed by atoms with Gasteiger partial charge >= 0.3 is 0 Å². The van der Waals surface area contributed by atoms with Gasteiger partial charge in [0.1, 0.15) is 0 Å². The lowest BCUT2D eigenvalue weighted by molar-refractivity contribution is -0.134. The van der Waals surface area contributed by atoms with Gasteiger partial charge in [0.2, 0.25) is 11.9 Å². The quantitative estimate of drug-likeness (QED) is 0.852. The van der Waals surface area contributed by atoms with Crippen molar-refractivity contribution in [2.45, 2.75) is 65.2 Å². The summed E-state index contributed by atoms with van der Waals surface area (Å²) in [5.41, 5.74) is 2.16. The molecule has 2 saturated carbocycles. The first-order valence-electron chi connectivity index (χ1n) is 10.9. The van der Waals surface area contributed by atoms with E-state index in [9.17, 15) is 4.79 Å². The minimum atomic E-state index is 0.353. The van der Waals surface area contributed by atoms with Crippen LogP contribution in [0, 0.1) is 37.5 Å². The molecule has 1 amide bonds. The molecule has 27 heavy (non-hydrogen) atoms. The zero-order valence-corrected chi connectivity index (χ0v) is 16.9. The summed E-state index contributed by atoms with van der Waals surface area (Å²) in [6, 6.07) is 0. The van der Waals surface area contributed by atoms with E-state index in [0.29, 0.717) is 23.7 Å². The molecule has 0 aromatic carbocycles. The van der Waals surface area contributed by atoms with Crippen LogP contribution in [0.2, 0.25) is 0 Å². The molecule has 0 bridgehead atoms. The van der Waals surface area contributed by atoms with Crippen LogP contribution in [-0.4, -0.2) is 40.4 Å². The second-order valence-corrected chi connectivity index (χ2v) is 9.02. The van der Waals surface area contributed by atoms with E-state index in [0.717, 1.165) is 62.0 Å². The van der Waals surface area contributed by atoms with E-state index in [-0.39, 0.29) is 0 Å². The fourth-order valence-corrected chi connectivity index (χ4v) is 5.02. The molecular weight excluding hydrogens is 336 g/mol. The lowest BCUT2D eigenvalue weighted by atomic mass is 9.85. The highest BCUT2D eigenvalue weighted by molar-refractivity contribution is 5.81. The Bertz CT molecular complexity index is 662. The Morgan fingerprint density at radius 2 is 1.89 bits per heavy atom. The lowest BCUT2D eigenvalue weighted by Crippen LogP contribution is -2.41. The summed E-state index contributed by atoms with van der Waals surface area (Å²) in [5, 5.41) is 3.39. The van der Waals surface area contributed by atoms with Gasteiger partial charge in [0, 0.05) is 37.4 Å². The topological polar surface area (TPSA) is 58.1 Å². The molecular formula is C22H34N4O. The highest BCUT2D eigenvalue weighted by Gasteiger charge is 2.49. The second-order valence-electron chi connectivity index (χ2n) is 9.02. The molecule has 1 saturated heterocycles. The number of anilines is 1. The van der Waals surface area contributed by atoms with E-state index in [2.05, 4.69) is 20.2 Å². The fraction of sp³-hybridized carbons (Fsp3) is 0.773. The normalized spacial score (nSPS) is 26.8. The number of nitrogens with one attached hydrogen (secondary N) is 1. The van der Waals surface area contributed by atoms with Gasteiger partial charge in [-0.1, -0.05) is 32.1 Å². The van der Waals surface area contributed by atoms with Crippen molar-refractivity contribution < 1.29 is 4.79 Å². The standard InChI is InChI=1S/C22H34N4O/c1-15-13-23-22(25-16(15)2)24-14-17-8-10-26(11-9-17)21(27)20-12-19(20)18-6-4-3-5-7-18/h13,17-20H,3-12,14H2,1-2H3,(H,23,24,25)/t19-,20+/m0/s1. The maximum atomic E-state index is 12.9. The van der Waals surface area contributed by atoms with Crippen molar-refractivity contribution in [1.82, 2.24) is 14.9 Å². The van der Waals surface area contributed by atoms with Crippen molar-refractivity contribution in [3.8, 4) is 0 Å². The number of hydrogen-bond donors (Lipinski definition) is 1. The molecule has 5 heteroatoms. The van der Waals surface area contributed by atoms with Gasteiger partial charge in [-0.25, -0.2) is 9.97 Å². The first-order chi connectivity index (χ1) is 13.1. The van der Waals surface area contributed by atoms with Gasteiger partial charge < -0.3 is 10.2 Å². The van der Waals surface area contributed by atoms with Crippen LogP contribution in [0.1, 0.15) is 62.6 Å². The van der Waals surface area contributed by atoms with Crippen molar-refractivity contribution in [2.75, 3.05) is 25.0 Å². The molecule has 1 N–H and O–H groups in total. The molecule has 1 aromatic heterocycles. The predicted molar refractivity (Wildman–Crippen MR) is 107 cm³/mol. The smallest absolute Gasteiger partial charge is 0.225 e. The maximum absolute atomic E-state index is 12.9. The summed E-state index contributed by atoms with van der Waals surface area (Å²) in [5.74, 6) is 3.69. The maximum Gasteiger partial charge on any atom is 0.225 e. The highest BCUT2D eigenvalue weighted by atomic mass is 16.2. The molecule has 2 heterocycles. The van der Waals surface area contributed by atoms with Crippen molar-refractivity contribution in [3.63, 3.8) is 0 Å². The number of nitrogens with zero attached hydrogens (tertiary/aromatic N) is 3. The van der Waals surface area contributed by atoms with E-state index in [1.54, 1.807) is 0 Å². The minimum Gasteiger partial charge on any atom is -0.354 e. The van der Waals surface area contributed by atoms with Crippen LogP contribution >= 0.6 is 0 Å². The molecule has 0 spiro atoms. The van der Waals surface area contributed by atoms with Crippen LogP contribution in [0.5, 0.6) is 0 Å².